The van der Waals surface area contributed by atoms with Gasteiger partial charge >= 0.3 is 0 Å². The molecule has 0 radical (unpaired) electrons. The number of hydrogen-bond acceptors (Lipinski definition) is 2. The minimum Gasteiger partial charge on any atom is -0.320 e. The zero-order valence-corrected chi connectivity index (χ0v) is 9.84. The Balaban J connectivity index is 2.41. The Kier molecular flexibility index (Phi) is 2.89. The first-order valence-electron chi connectivity index (χ1n) is 5.04. The van der Waals surface area contributed by atoms with Gasteiger partial charge in [0.15, 0.2) is 0 Å². The smallest absolute Gasteiger partial charge is 0.0565 e. The summed E-state index contributed by atoms with van der Waals surface area (Å²) in [6.07, 6.45) is 0. The van der Waals surface area contributed by atoms with Crippen molar-refractivity contribution in [2.75, 3.05) is 0 Å². The van der Waals surface area contributed by atoms with Gasteiger partial charge in [0.25, 0.3) is 0 Å². The summed E-state index contributed by atoms with van der Waals surface area (Å²) < 4.78 is 0. The fraction of sp³-hybridized carbons (Fsp3) is 0.231. The third kappa shape index (κ3) is 1.96. The van der Waals surface area contributed by atoms with Gasteiger partial charge in [-0.15, -0.1) is 0 Å². The average molecular weight is 217 g/mol. The van der Waals surface area contributed by atoms with E-state index >= 15 is 0 Å². The highest BCUT2D eigenvalue weighted by atomic mass is 32.1. The largest absolute Gasteiger partial charge is 0.320 e. The van der Waals surface area contributed by atoms with Crippen LogP contribution in [-0.4, -0.2) is 0 Å². The van der Waals surface area contributed by atoms with E-state index in [2.05, 4.69) is 36.7 Å². The molecule has 1 unspecified atom stereocenters. The third-order valence-electron chi connectivity index (χ3n) is 2.75. The fourth-order valence-electron chi connectivity index (χ4n) is 1.79. The van der Waals surface area contributed by atoms with E-state index in [1.165, 1.54) is 22.3 Å². The maximum absolute atomic E-state index is 6.27. The van der Waals surface area contributed by atoms with Crippen LogP contribution in [-0.2, 0) is 0 Å². The fourth-order valence-corrected chi connectivity index (χ4v) is 2.68. The van der Waals surface area contributed by atoms with Crippen molar-refractivity contribution in [2.24, 2.45) is 5.73 Å². The van der Waals surface area contributed by atoms with Gasteiger partial charge in [-0.1, -0.05) is 24.3 Å². The second-order valence-corrected chi connectivity index (χ2v) is 4.59. The lowest BCUT2D eigenvalue weighted by Crippen LogP contribution is -2.13. The van der Waals surface area contributed by atoms with Crippen molar-refractivity contribution in [3.05, 3.63) is 57.3 Å². The van der Waals surface area contributed by atoms with Crippen molar-refractivity contribution in [1.82, 2.24) is 0 Å². The van der Waals surface area contributed by atoms with Crippen molar-refractivity contribution in [1.29, 1.82) is 0 Å². The number of aryl methyl sites for hydroxylation is 2. The summed E-state index contributed by atoms with van der Waals surface area (Å²) in [4.78, 5) is 0. The molecule has 1 nitrogen and oxygen atoms in total. The van der Waals surface area contributed by atoms with Crippen LogP contribution in [0, 0.1) is 13.8 Å². The van der Waals surface area contributed by atoms with Gasteiger partial charge in [-0.2, -0.15) is 11.3 Å². The lowest BCUT2D eigenvalue weighted by atomic mass is 9.96. The van der Waals surface area contributed by atoms with E-state index in [1.807, 2.05) is 12.1 Å². The first-order valence-corrected chi connectivity index (χ1v) is 5.98. The van der Waals surface area contributed by atoms with E-state index in [9.17, 15) is 0 Å². The van der Waals surface area contributed by atoms with E-state index in [0.29, 0.717) is 0 Å². The monoisotopic (exact) mass is 217 g/mol. The van der Waals surface area contributed by atoms with Crippen molar-refractivity contribution < 1.29 is 0 Å². The van der Waals surface area contributed by atoms with Crippen LogP contribution < -0.4 is 5.73 Å². The Labute approximate surface area is 94.6 Å². The van der Waals surface area contributed by atoms with E-state index in [-0.39, 0.29) is 6.04 Å². The average Bonchev–Trinajstić information content (AvgIpc) is 2.64. The third-order valence-corrected chi connectivity index (χ3v) is 3.63. The summed E-state index contributed by atoms with van der Waals surface area (Å²) in [5, 5.41) is 4.29. The van der Waals surface area contributed by atoms with Crippen LogP contribution in [0.1, 0.15) is 28.3 Å². The predicted octanol–water partition coefficient (Wildman–Crippen LogP) is 3.41. The molecule has 1 atom stereocenters. The molecule has 0 bridgehead atoms. The van der Waals surface area contributed by atoms with Crippen LogP contribution in [0.5, 0.6) is 0 Å². The maximum atomic E-state index is 6.27. The molecule has 0 fully saturated rings. The van der Waals surface area contributed by atoms with Gasteiger partial charge in [-0.25, -0.2) is 0 Å². The lowest BCUT2D eigenvalue weighted by molar-refractivity contribution is 0.858. The number of benzene rings is 1. The van der Waals surface area contributed by atoms with Crippen LogP contribution >= 0.6 is 11.3 Å². The molecule has 0 aliphatic rings. The minimum absolute atomic E-state index is 0.0115. The van der Waals surface area contributed by atoms with E-state index in [1.54, 1.807) is 11.3 Å². The zero-order valence-electron chi connectivity index (χ0n) is 9.03. The molecule has 2 N–H and O–H groups in total. The highest BCUT2D eigenvalue weighted by molar-refractivity contribution is 7.08. The normalized spacial score (nSPS) is 12.7. The summed E-state index contributed by atoms with van der Waals surface area (Å²) in [7, 11) is 0. The van der Waals surface area contributed by atoms with Crippen molar-refractivity contribution >= 4 is 11.3 Å². The summed E-state index contributed by atoms with van der Waals surface area (Å²) in [5.74, 6) is 0. The molecule has 0 spiro atoms. The molecule has 1 heterocycles. The molecule has 15 heavy (non-hydrogen) atoms. The molecular formula is C13H15NS. The maximum Gasteiger partial charge on any atom is 0.0565 e. The van der Waals surface area contributed by atoms with Crippen molar-refractivity contribution in [2.45, 2.75) is 19.9 Å². The predicted molar refractivity (Wildman–Crippen MR) is 66.3 cm³/mol. The second kappa shape index (κ2) is 4.17. The van der Waals surface area contributed by atoms with Crippen LogP contribution in [0.15, 0.2) is 35.0 Å². The molecule has 2 aromatic rings. The Hall–Kier alpha value is -1.12. The molecule has 0 saturated heterocycles. The summed E-state index contributed by atoms with van der Waals surface area (Å²) in [6, 6.07) is 8.32. The van der Waals surface area contributed by atoms with Gasteiger partial charge in [0.05, 0.1) is 6.04 Å². The molecule has 0 aliphatic heterocycles. The van der Waals surface area contributed by atoms with Crippen LogP contribution in [0.25, 0.3) is 0 Å². The summed E-state index contributed by atoms with van der Waals surface area (Å²) >= 11 is 1.72. The van der Waals surface area contributed by atoms with Crippen molar-refractivity contribution in [3.63, 3.8) is 0 Å². The summed E-state index contributed by atoms with van der Waals surface area (Å²) in [5.41, 5.74) is 11.3. The first kappa shape index (κ1) is 10.4. The number of hydrogen-bond donors (Lipinski definition) is 1. The van der Waals surface area contributed by atoms with Crippen LogP contribution in [0.2, 0.25) is 0 Å². The Morgan fingerprint density at radius 2 is 1.73 bits per heavy atom. The highest BCUT2D eigenvalue weighted by Crippen LogP contribution is 2.27. The molecule has 0 aliphatic carbocycles. The topological polar surface area (TPSA) is 26.0 Å². The van der Waals surface area contributed by atoms with Gasteiger partial charge in [-0.3, -0.25) is 0 Å². The van der Waals surface area contributed by atoms with E-state index in [0.717, 1.165) is 0 Å². The minimum atomic E-state index is 0.0115. The van der Waals surface area contributed by atoms with Gasteiger partial charge in [0, 0.05) is 0 Å². The highest BCUT2D eigenvalue weighted by Gasteiger charge is 2.13. The molecule has 2 heteroatoms. The number of rotatable bonds is 2. The Morgan fingerprint density at radius 3 is 2.33 bits per heavy atom. The standard InChI is InChI=1S/C13H15NS/c1-9-5-3-4-6-11(9)13(14)12-8-15-7-10(12)2/h3-8,13H,14H2,1-2H3. The van der Waals surface area contributed by atoms with Crippen molar-refractivity contribution in [3.8, 4) is 0 Å². The van der Waals surface area contributed by atoms with Gasteiger partial charge in [0.1, 0.15) is 0 Å². The molecular weight excluding hydrogens is 202 g/mol. The van der Waals surface area contributed by atoms with Gasteiger partial charge in [-0.05, 0) is 46.9 Å². The molecule has 78 valence electrons. The zero-order chi connectivity index (χ0) is 10.8. The Morgan fingerprint density at radius 1 is 1.00 bits per heavy atom. The summed E-state index contributed by atoms with van der Waals surface area (Å²) in [6.45, 7) is 4.22. The van der Waals surface area contributed by atoms with Crippen LogP contribution in [0.3, 0.4) is 0 Å². The quantitative estimate of drug-likeness (QED) is 0.819. The second-order valence-electron chi connectivity index (χ2n) is 3.84. The Bertz CT molecular complexity index is 459. The van der Waals surface area contributed by atoms with Crippen LogP contribution in [0.4, 0.5) is 0 Å². The number of nitrogens with two attached hydrogens (primary N) is 1. The number of thiophene rings is 1. The lowest BCUT2D eigenvalue weighted by Gasteiger charge is -2.14. The first-order chi connectivity index (χ1) is 7.20. The molecule has 2 rings (SSSR count). The molecule has 0 saturated carbocycles. The van der Waals surface area contributed by atoms with Gasteiger partial charge < -0.3 is 5.73 Å². The van der Waals surface area contributed by atoms with E-state index < -0.39 is 0 Å². The van der Waals surface area contributed by atoms with E-state index in [4.69, 9.17) is 5.73 Å². The molecule has 1 aromatic heterocycles. The SMILES string of the molecule is Cc1ccccc1C(N)c1cscc1C. The molecule has 1 aromatic carbocycles. The van der Waals surface area contributed by atoms with Gasteiger partial charge in [0.2, 0.25) is 0 Å². The molecule has 0 amide bonds.